The average Bonchev–Trinajstić information content (AvgIpc) is 3.41. The summed E-state index contributed by atoms with van der Waals surface area (Å²) in [5, 5.41) is 54.6. The fourth-order valence-corrected chi connectivity index (χ4v) is 9.29. The lowest BCUT2D eigenvalue weighted by Gasteiger charge is -2.40. The van der Waals surface area contributed by atoms with Crippen LogP contribution in [0.25, 0.3) is 0 Å². The molecule has 0 aromatic carbocycles. The highest BCUT2D eigenvalue weighted by Crippen LogP contribution is 2.23. The third-order valence-corrected chi connectivity index (χ3v) is 14.1. The van der Waals surface area contributed by atoms with Gasteiger partial charge < -0.3 is 40.3 Å². The first-order chi connectivity index (χ1) is 36.8. The summed E-state index contributed by atoms with van der Waals surface area (Å²) < 4.78 is 11.3. The Kier molecular flexibility index (Phi) is 50.9. The number of nitrogens with one attached hydrogen (secondary N) is 1. The number of carbonyl (C=O) groups excluding carboxylic acids is 1. The number of aliphatic hydroxyl groups is 5. The number of allylic oxidation sites excluding steroid dienone is 15. The number of ether oxygens (including phenoxy) is 2. The van der Waals surface area contributed by atoms with Crippen molar-refractivity contribution in [1.82, 2.24) is 5.32 Å². The quantitative estimate of drug-likeness (QED) is 0.0261. The van der Waals surface area contributed by atoms with Crippen LogP contribution in [0.5, 0.6) is 0 Å². The molecule has 75 heavy (non-hydrogen) atoms. The highest BCUT2D eigenvalue weighted by Gasteiger charge is 2.44. The van der Waals surface area contributed by atoms with Gasteiger partial charge in [-0.15, -0.1) is 0 Å². The van der Waals surface area contributed by atoms with E-state index in [-0.39, 0.29) is 12.5 Å². The Labute approximate surface area is 460 Å². The molecular formula is C66H115NO8. The zero-order valence-corrected chi connectivity index (χ0v) is 48.0. The number of aliphatic hydroxyl groups excluding tert-OH is 5. The van der Waals surface area contributed by atoms with Crippen molar-refractivity contribution in [3.05, 3.63) is 97.2 Å². The smallest absolute Gasteiger partial charge is 0.220 e. The minimum Gasteiger partial charge on any atom is -0.394 e. The molecule has 1 heterocycles. The van der Waals surface area contributed by atoms with E-state index in [4.69, 9.17) is 9.47 Å². The van der Waals surface area contributed by atoms with Gasteiger partial charge in [0.15, 0.2) is 6.29 Å². The van der Waals surface area contributed by atoms with Crippen LogP contribution in [0.1, 0.15) is 258 Å². The van der Waals surface area contributed by atoms with Crippen molar-refractivity contribution in [2.75, 3.05) is 13.2 Å². The van der Waals surface area contributed by atoms with Crippen LogP contribution in [0, 0.1) is 0 Å². The SMILES string of the molecule is CC/C=C\C/C=C\C/C=C\C/C=C\C/C=C\C/C=C\CCCCCCCCCCCCCCC(=O)NC(COC1OC(CO)C(O)C(O)C1O)C(O)/C=C/CC/C=C/CCCCCCCCCCCCCCCCC. The van der Waals surface area contributed by atoms with Gasteiger partial charge in [0.1, 0.15) is 24.4 Å². The van der Waals surface area contributed by atoms with Crippen LogP contribution < -0.4 is 5.32 Å². The molecule has 1 rings (SSSR count). The summed E-state index contributed by atoms with van der Waals surface area (Å²) >= 11 is 0. The van der Waals surface area contributed by atoms with Gasteiger partial charge in [0.2, 0.25) is 5.91 Å². The molecule has 7 unspecified atom stereocenters. The molecule has 0 spiro atoms. The van der Waals surface area contributed by atoms with Crippen molar-refractivity contribution in [2.24, 2.45) is 0 Å². The van der Waals surface area contributed by atoms with Gasteiger partial charge in [0, 0.05) is 6.42 Å². The van der Waals surface area contributed by atoms with Gasteiger partial charge in [-0.3, -0.25) is 4.79 Å². The molecule has 1 fully saturated rings. The minimum absolute atomic E-state index is 0.191. The Hall–Kier alpha value is -2.89. The van der Waals surface area contributed by atoms with Gasteiger partial charge in [-0.2, -0.15) is 0 Å². The van der Waals surface area contributed by atoms with E-state index < -0.39 is 49.5 Å². The first kappa shape index (κ1) is 70.1. The summed E-state index contributed by atoms with van der Waals surface area (Å²) in [4.78, 5) is 13.1. The Balaban J connectivity index is 2.21. The van der Waals surface area contributed by atoms with E-state index in [1.165, 1.54) is 161 Å². The maximum atomic E-state index is 13.1. The second-order valence-corrected chi connectivity index (χ2v) is 21.1. The summed E-state index contributed by atoms with van der Waals surface area (Å²) in [5.41, 5.74) is 0. The first-order valence-corrected chi connectivity index (χ1v) is 31.0. The lowest BCUT2D eigenvalue weighted by molar-refractivity contribution is -0.302. The monoisotopic (exact) mass is 1050 g/mol. The van der Waals surface area contributed by atoms with E-state index in [9.17, 15) is 30.3 Å². The van der Waals surface area contributed by atoms with Crippen molar-refractivity contribution in [2.45, 2.75) is 301 Å². The Morgan fingerprint density at radius 3 is 1.28 bits per heavy atom. The van der Waals surface area contributed by atoms with E-state index in [0.717, 1.165) is 77.0 Å². The number of hydrogen-bond acceptors (Lipinski definition) is 8. The minimum atomic E-state index is -1.58. The van der Waals surface area contributed by atoms with Crippen LogP contribution in [-0.4, -0.2) is 87.5 Å². The molecule has 9 nitrogen and oxygen atoms in total. The molecular weight excluding hydrogens is 935 g/mol. The molecule has 6 N–H and O–H groups in total. The summed E-state index contributed by atoms with van der Waals surface area (Å²) in [7, 11) is 0. The van der Waals surface area contributed by atoms with Gasteiger partial charge in [-0.25, -0.2) is 0 Å². The summed E-state index contributed by atoms with van der Waals surface area (Å²) in [6.45, 7) is 3.66. The van der Waals surface area contributed by atoms with E-state index in [1.807, 2.05) is 6.08 Å². The molecule has 0 radical (unpaired) electrons. The summed E-state index contributed by atoms with van der Waals surface area (Å²) in [6, 6.07) is -0.829. The standard InChI is InChI=1S/C66H115NO8/c1-3-5-7-9-11-13-15-17-19-21-23-25-26-27-28-29-30-31-32-33-34-36-38-40-42-44-46-48-50-52-54-56-62(70)67-59(58-74-66-65(73)64(72)63(71)61(57-68)75-66)60(69)55-53-51-49-47-45-43-41-39-37-35-24-22-20-18-16-14-12-10-8-6-4-2/h5,7,11,13,17,19,23,25,27-28,30-31,45,47,53,55,59-61,63-66,68-69,71-73H,3-4,6,8-10,12,14-16,18,20-22,24,26,29,32-44,46,48-52,54,56-58H2,1-2H3,(H,67,70)/b7-5-,13-11-,19-17-,25-23-,28-27-,31-30-,47-45+,55-53+. The maximum absolute atomic E-state index is 13.1. The van der Waals surface area contributed by atoms with Gasteiger partial charge >= 0.3 is 0 Å². The molecule has 9 heteroatoms. The second kappa shape index (κ2) is 54.5. The van der Waals surface area contributed by atoms with E-state index in [2.05, 4.69) is 104 Å². The number of hydrogen-bond donors (Lipinski definition) is 6. The molecule has 1 aliphatic heterocycles. The second-order valence-electron chi connectivity index (χ2n) is 21.1. The molecule has 0 saturated carbocycles. The summed E-state index contributed by atoms with van der Waals surface area (Å²) in [5.74, 6) is -0.191. The molecule has 1 amide bonds. The lowest BCUT2D eigenvalue weighted by Crippen LogP contribution is -2.60. The zero-order chi connectivity index (χ0) is 54.3. The largest absolute Gasteiger partial charge is 0.394 e. The van der Waals surface area contributed by atoms with E-state index >= 15 is 0 Å². The van der Waals surface area contributed by atoms with Crippen molar-refractivity contribution in [3.63, 3.8) is 0 Å². The fourth-order valence-electron chi connectivity index (χ4n) is 9.29. The average molecular weight is 1050 g/mol. The highest BCUT2D eigenvalue weighted by atomic mass is 16.7. The van der Waals surface area contributed by atoms with E-state index in [0.29, 0.717) is 6.42 Å². The fraction of sp³-hybridized carbons (Fsp3) is 0.742. The Morgan fingerprint density at radius 2 is 0.840 bits per heavy atom. The van der Waals surface area contributed by atoms with Gasteiger partial charge in [-0.05, 0) is 83.5 Å². The Morgan fingerprint density at radius 1 is 0.467 bits per heavy atom. The topological polar surface area (TPSA) is 149 Å². The van der Waals surface area contributed by atoms with Gasteiger partial charge in [0.05, 0.1) is 25.4 Å². The number of unbranched alkanes of at least 4 members (excludes halogenated alkanes) is 28. The molecule has 7 atom stereocenters. The molecule has 1 aliphatic rings. The number of amides is 1. The van der Waals surface area contributed by atoms with Crippen LogP contribution >= 0.6 is 0 Å². The van der Waals surface area contributed by atoms with Crippen molar-refractivity contribution >= 4 is 5.91 Å². The number of rotatable bonds is 52. The predicted molar refractivity (Wildman–Crippen MR) is 318 cm³/mol. The van der Waals surface area contributed by atoms with E-state index in [1.54, 1.807) is 6.08 Å². The molecule has 0 aromatic rings. The van der Waals surface area contributed by atoms with Crippen molar-refractivity contribution in [3.8, 4) is 0 Å². The van der Waals surface area contributed by atoms with Gasteiger partial charge in [-0.1, -0.05) is 265 Å². The zero-order valence-electron chi connectivity index (χ0n) is 48.0. The normalized spacial score (nSPS) is 19.6. The summed E-state index contributed by atoms with van der Waals surface area (Å²) in [6.07, 6.45) is 71.9. The first-order valence-electron chi connectivity index (χ1n) is 31.0. The van der Waals surface area contributed by atoms with Crippen LogP contribution in [0.15, 0.2) is 97.2 Å². The lowest BCUT2D eigenvalue weighted by atomic mass is 9.99. The molecule has 0 bridgehead atoms. The molecule has 432 valence electrons. The molecule has 0 aromatic heterocycles. The Bertz CT molecular complexity index is 1500. The van der Waals surface area contributed by atoms with Crippen LogP contribution in [-0.2, 0) is 14.3 Å². The van der Waals surface area contributed by atoms with Crippen LogP contribution in [0.4, 0.5) is 0 Å². The predicted octanol–water partition coefficient (Wildman–Crippen LogP) is 16.0. The van der Waals surface area contributed by atoms with Crippen LogP contribution in [0.2, 0.25) is 0 Å². The van der Waals surface area contributed by atoms with Crippen molar-refractivity contribution in [1.29, 1.82) is 0 Å². The van der Waals surface area contributed by atoms with Gasteiger partial charge in [0.25, 0.3) is 0 Å². The highest BCUT2D eigenvalue weighted by molar-refractivity contribution is 5.76. The van der Waals surface area contributed by atoms with Crippen molar-refractivity contribution < 1.29 is 39.8 Å². The molecule has 0 aliphatic carbocycles. The third-order valence-electron chi connectivity index (χ3n) is 14.1. The molecule has 1 saturated heterocycles. The number of carbonyl (C=O) groups is 1. The van der Waals surface area contributed by atoms with Crippen LogP contribution in [0.3, 0.4) is 0 Å². The maximum Gasteiger partial charge on any atom is 0.220 e. The third kappa shape index (κ3) is 43.7.